The van der Waals surface area contributed by atoms with Crippen LogP contribution in [-0.4, -0.2) is 32.7 Å². The number of nitrogens with one attached hydrogen (secondary N) is 2. The third-order valence-electron chi connectivity index (χ3n) is 2.54. The Morgan fingerprint density at radius 1 is 1.32 bits per heavy atom. The Balaban J connectivity index is 2.13. The molecule has 4 nitrogen and oxygen atoms in total. The second-order valence-electron chi connectivity index (χ2n) is 4.18. The van der Waals surface area contributed by atoms with Crippen LogP contribution in [0.15, 0.2) is 41.9 Å². The van der Waals surface area contributed by atoms with Gasteiger partial charge in [-0.3, -0.25) is 4.99 Å². The smallest absolute Gasteiger partial charge is 0.191 e. The molecule has 0 saturated carbocycles. The molecule has 0 aliphatic carbocycles. The zero-order chi connectivity index (χ0) is 13.9. The summed E-state index contributed by atoms with van der Waals surface area (Å²) in [5.74, 6) is 1.70. The van der Waals surface area contributed by atoms with Gasteiger partial charge in [0.1, 0.15) is 5.75 Å². The topological polar surface area (TPSA) is 45.7 Å². The van der Waals surface area contributed by atoms with Crippen molar-refractivity contribution in [1.82, 2.24) is 10.6 Å². The number of ether oxygens (including phenoxy) is 1. The highest BCUT2D eigenvalue weighted by Gasteiger charge is 1.96. The molecule has 0 spiro atoms. The van der Waals surface area contributed by atoms with Gasteiger partial charge in [0.05, 0.1) is 6.61 Å². The predicted molar refractivity (Wildman–Crippen MR) is 80.9 cm³/mol. The fourth-order valence-corrected chi connectivity index (χ4v) is 1.49. The third-order valence-corrected chi connectivity index (χ3v) is 2.54. The number of aryl methyl sites for hydroxylation is 1. The molecule has 0 aliphatic heterocycles. The van der Waals surface area contributed by atoms with Crippen LogP contribution in [0.1, 0.15) is 12.0 Å². The van der Waals surface area contributed by atoms with Crippen molar-refractivity contribution >= 4 is 5.96 Å². The molecule has 2 N–H and O–H groups in total. The molecule has 0 atom stereocenters. The van der Waals surface area contributed by atoms with E-state index in [1.54, 1.807) is 13.1 Å². The summed E-state index contributed by atoms with van der Waals surface area (Å²) in [5, 5.41) is 6.32. The van der Waals surface area contributed by atoms with Gasteiger partial charge in [-0.15, -0.1) is 6.58 Å². The second kappa shape index (κ2) is 9.03. The number of hydrogen-bond donors (Lipinski definition) is 2. The summed E-state index contributed by atoms with van der Waals surface area (Å²) in [4.78, 5) is 4.10. The van der Waals surface area contributed by atoms with Crippen LogP contribution in [-0.2, 0) is 0 Å². The number of hydrogen-bond acceptors (Lipinski definition) is 2. The summed E-state index contributed by atoms with van der Waals surface area (Å²) in [6, 6.07) is 8.09. The van der Waals surface area contributed by atoms with Crippen molar-refractivity contribution in [3.05, 3.63) is 42.5 Å². The van der Waals surface area contributed by atoms with Crippen LogP contribution in [0.4, 0.5) is 0 Å². The average molecular weight is 261 g/mol. The molecule has 1 aromatic carbocycles. The number of aliphatic imine (C=N–C) groups is 1. The van der Waals surface area contributed by atoms with Gasteiger partial charge in [0, 0.05) is 20.1 Å². The largest absolute Gasteiger partial charge is 0.494 e. The molecule has 104 valence electrons. The van der Waals surface area contributed by atoms with Crippen LogP contribution >= 0.6 is 0 Å². The first kappa shape index (κ1) is 15.1. The minimum absolute atomic E-state index is 0.689. The number of rotatable bonds is 7. The lowest BCUT2D eigenvalue weighted by atomic mass is 10.2. The van der Waals surface area contributed by atoms with E-state index in [0.717, 1.165) is 24.7 Å². The van der Waals surface area contributed by atoms with E-state index < -0.39 is 0 Å². The molecular formula is C15H23N3O. The molecule has 0 unspecified atom stereocenters. The van der Waals surface area contributed by atoms with Crippen molar-refractivity contribution in [3.8, 4) is 5.75 Å². The van der Waals surface area contributed by atoms with E-state index in [0.29, 0.717) is 13.2 Å². The highest BCUT2D eigenvalue weighted by molar-refractivity contribution is 5.79. The average Bonchev–Trinajstić information content (AvgIpc) is 2.44. The number of nitrogens with zero attached hydrogens (tertiary/aromatic N) is 1. The summed E-state index contributed by atoms with van der Waals surface area (Å²) >= 11 is 0. The fraction of sp³-hybridized carbons (Fsp3) is 0.400. The van der Waals surface area contributed by atoms with Crippen LogP contribution in [0, 0.1) is 6.92 Å². The quantitative estimate of drug-likeness (QED) is 0.342. The summed E-state index contributed by atoms with van der Waals surface area (Å²) in [5.41, 5.74) is 1.24. The van der Waals surface area contributed by atoms with Gasteiger partial charge in [-0.1, -0.05) is 23.8 Å². The standard InChI is InChI=1S/C15H23N3O/c1-4-10-17-15(16-3)18-11-5-12-19-14-8-6-13(2)7-9-14/h4,6-9H,1,5,10-12H2,2-3H3,(H2,16,17,18). The van der Waals surface area contributed by atoms with E-state index >= 15 is 0 Å². The first-order valence-corrected chi connectivity index (χ1v) is 6.51. The van der Waals surface area contributed by atoms with Crippen molar-refractivity contribution in [1.29, 1.82) is 0 Å². The van der Waals surface area contributed by atoms with Gasteiger partial charge in [-0.05, 0) is 25.5 Å². The lowest BCUT2D eigenvalue weighted by Gasteiger charge is -2.11. The van der Waals surface area contributed by atoms with Crippen molar-refractivity contribution in [2.24, 2.45) is 4.99 Å². The lowest BCUT2D eigenvalue weighted by Crippen LogP contribution is -2.38. The van der Waals surface area contributed by atoms with E-state index in [-0.39, 0.29) is 0 Å². The molecule has 0 aliphatic rings. The van der Waals surface area contributed by atoms with Gasteiger partial charge < -0.3 is 15.4 Å². The minimum atomic E-state index is 0.689. The van der Waals surface area contributed by atoms with Gasteiger partial charge >= 0.3 is 0 Å². The van der Waals surface area contributed by atoms with E-state index in [1.165, 1.54) is 5.56 Å². The molecule has 0 amide bonds. The molecule has 19 heavy (non-hydrogen) atoms. The monoisotopic (exact) mass is 261 g/mol. The molecule has 0 bridgehead atoms. The van der Waals surface area contributed by atoms with Crippen LogP contribution in [0.2, 0.25) is 0 Å². The molecule has 1 aromatic rings. The third kappa shape index (κ3) is 6.50. The Kier molecular flexibility index (Phi) is 7.17. The Hall–Kier alpha value is -1.97. The SMILES string of the molecule is C=CCNC(=NC)NCCCOc1ccc(C)cc1. The maximum absolute atomic E-state index is 5.64. The van der Waals surface area contributed by atoms with Gasteiger partial charge in [0.15, 0.2) is 5.96 Å². The maximum atomic E-state index is 5.64. The Bertz CT molecular complexity index is 398. The van der Waals surface area contributed by atoms with E-state index in [1.807, 2.05) is 12.1 Å². The van der Waals surface area contributed by atoms with E-state index in [4.69, 9.17) is 4.74 Å². The minimum Gasteiger partial charge on any atom is -0.494 e. The summed E-state index contributed by atoms with van der Waals surface area (Å²) in [6.07, 6.45) is 2.72. The number of benzene rings is 1. The fourth-order valence-electron chi connectivity index (χ4n) is 1.49. The molecule has 0 radical (unpaired) electrons. The first-order chi connectivity index (χ1) is 9.26. The Labute approximate surface area is 115 Å². The molecule has 0 heterocycles. The lowest BCUT2D eigenvalue weighted by molar-refractivity contribution is 0.311. The zero-order valence-electron chi connectivity index (χ0n) is 11.8. The highest BCUT2D eigenvalue weighted by atomic mass is 16.5. The number of guanidine groups is 1. The van der Waals surface area contributed by atoms with Crippen molar-refractivity contribution in [3.63, 3.8) is 0 Å². The van der Waals surface area contributed by atoms with Crippen molar-refractivity contribution < 1.29 is 4.74 Å². The van der Waals surface area contributed by atoms with Gasteiger partial charge in [-0.25, -0.2) is 0 Å². The predicted octanol–water partition coefficient (Wildman–Crippen LogP) is 2.11. The Morgan fingerprint density at radius 3 is 2.68 bits per heavy atom. The van der Waals surface area contributed by atoms with Crippen LogP contribution in [0.25, 0.3) is 0 Å². The Morgan fingerprint density at radius 2 is 2.05 bits per heavy atom. The first-order valence-electron chi connectivity index (χ1n) is 6.51. The van der Waals surface area contributed by atoms with E-state index in [2.05, 4.69) is 41.3 Å². The molecule has 1 rings (SSSR count). The molecular weight excluding hydrogens is 238 g/mol. The van der Waals surface area contributed by atoms with Crippen molar-refractivity contribution in [2.75, 3.05) is 26.7 Å². The van der Waals surface area contributed by atoms with E-state index in [9.17, 15) is 0 Å². The summed E-state index contributed by atoms with van der Waals surface area (Å²) in [7, 11) is 1.75. The highest BCUT2D eigenvalue weighted by Crippen LogP contribution is 2.11. The van der Waals surface area contributed by atoms with Crippen LogP contribution in [0.3, 0.4) is 0 Å². The van der Waals surface area contributed by atoms with Gasteiger partial charge in [0.25, 0.3) is 0 Å². The molecule has 4 heteroatoms. The molecule has 0 saturated heterocycles. The second-order valence-corrected chi connectivity index (χ2v) is 4.18. The summed E-state index contributed by atoms with van der Waals surface area (Å²) in [6.45, 7) is 7.94. The molecule has 0 fully saturated rings. The summed E-state index contributed by atoms with van der Waals surface area (Å²) < 4.78 is 5.64. The van der Waals surface area contributed by atoms with Crippen LogP contribution < -0.4 is 15.4 Å². The maximum Gasteiger partial charge on any atom is 0.191 e. The molecule has 0 aromatic heterocycles. The van der Waals surface area contributed by atoms with Gasteiger partial charge in [0.2, 0.25) is 0 Å². The van der Waals surface area contributed by atoms with Gasteiger partial charge in [-0.2, -0.15) is 0 Å². The van der Waals surface area contributed by atoms with Crippen molar-refractivity contribution in [2.45, 2.75) is 13.3 Å². The van der Waals surface area contributed by atoms with Crippen LogP contribution in [0.5, 0.6) is 5.75 Å². The zero-order valence-corrected chi connectivity index (χ0v) is 11.8. The normalized spacial score (nSPS) is 10.9.